The Balaban J connectivity index is 1.69. The van der Waals surface area contributed by atoms with Gasteiger partial charge in [0.05, 0.1) is 5.56 Å². The zero-order valence-electron chi connectivity index (χ0n) is 13.8. The van der Waals surface area contributed by atoms with Crippen molar-refractivity contribution in [3.63, 3.8) is 0 Å². The summed E-state index contributed by atoms with van der Waals surface area (Å²) in [6, 6.07) is 9.41. The Hall–Kier alpha value is -2.63. The van der Waals surface area contributed by atoms with E-state index < -0.39 is 11.8 Å². The van der Waals surface area contributed by atoms with Crippen LogP contribution in [0.3, 0.4) is 0 Å². The van der Waals surface area contributed by atoms with Gasteiger partial charge in [-0.1, -0.05) is 12.1 Å². The summed E-state index contributed by atoms with van der Waals surface area (Å²) in [4.78, 5) is 25.0. The van der Waals surface area contributed by atoms with E-state index in [-0.39, 0.29) is 24.0 Å². The van der Waals surface area contributed by atoms with E-state index in [4.69, 9.17) is 9.52 Å². The third-order valence-corrected chi connectivity index (χ3v) is 4.53. The predicted molar refractivity (Wildman–Crippen MR) is 89.6 cm³/mol. The maximum atomic E-state index is 13.8. The van der Waals surface area contributed by atoms with Crippen LogP contribution < -0.4 is 0 Å². The van der Waals surface area contributed by atoms with Crippen LogP contribution in [0.25, 0.3) is 11.3 Å². The van der Waals surface area contributed by atoms with Crippen molar-refractivity contribution in [3.8, 4) is 11.3 Å². The number of nitrogens with zero attached hydrogens (tertiary/aromatic N) is 1. The molecule has 5 nitrogen and oxygen atoms in total. The highest BCUT2D eigenvalue weighted by Gasteiger charge is 2.26. The number of likely N-dealkylation sites (tertiary alicyclic amines) is 1. The Bertz CT molecular complexity index is 770. The number of furan rings is 1. The smallest absolute Gasteiger partial charge is 0.303 e. The number of benzene rings is 1. The van der Waals surface area contributed by atoms with E-state index >= 15 is 0 Å². The van der Waals surface area contributed by atoms with Gasteiger partial charge >= 0.3 is 5.97 Å². The van der Waals surface area contributed by atoms with Crippen LogP contribution in [-0.4, -0.2) is 35.0 Å². The van der Waals surface area contributed by atoms with E-state index in [1.54, 1.807) is 35.2 Å². The fraction of sp³-hybridized carbons (Fsp3) is 0.368. The molecule has 1 fully saturated rings. The number of aliphatic carboxylic acids is 1. The number of halogens is 1. The average molecular weight is 345 g/mol. The molecule has 25 heavy (non-hydrogen) atoms. The van der Waals surface area contributed by atoms with E-state index in [1.165, 1.54) is 6.07 Å². The highest BCUT2D eigenvalue weighted by atomic mass is 19.1. The van der Waals surface area contributed by atoms with Gasteiger partial charge in [-0.05, 0) is 49.4 Å². The lowest BCUT2D eigenvalue weighted by atomic mass is 9.93. The number of carboxylic acids is 1. The van der Waals surface area contributed by atoms with Gasteiger partial charge in [0.15, 0.2) is 5.76 Å². The maximum Gasteiger partial charge on any atom is 0.303 e. The molecule has 1 saturated heterocycles. The van der Waals surface area contributed by atoms with Crippen LogP contribution in [0.1, 0.15) is 36.2 Å². The molecule has 6 heteroatoms. The highest BCUT2D eigenvalue weighted by molar-refractivity contribution is 5.92. The summed E-state index contributed by atoms with van der Waals surface area (Å²) >= 11 is 0. The maximum absolute atomic E-state index is 13.8. The largest absolute Gasteiger partial charge is 0.481 e. The minimum absolute atomic E-state index is 0.116. The van der Waals surface area contributed by atoms with Crippen molar-refractivity contribution in [2.24, 2.45) is 5.92 Å². The predicted octanol–water partition coefficient (Wildman–Crippen LogP) is 3.80. The van der Waals surface area contributed by atoms with Crippen LogP contribution in [0.2, 0.25) is 0 Å². The average Bonchev–Trinajstić information content (AvgIpc) is 3.10. The third-order valence-electron chi connectivity index (χ3n) is 4.53. The molecule has 2 heterocycles. The molecule has 132 valence electrons. The second-order valence-corrected chi connectivity index (χ2v) is 6.34. The van der Waals surface area contributed by atoms with Gasteiger partial charge in [0, 0.05) is 19.5 Å². The second-order valence-electron chi connectivity index (χ2n) is 6.34. The first-order chi connectivity index (χ1) is 12.0. The lowest BCUT2D eigenvalue weighted by molar-refractivity contribution is -0.137. The van der Waals surface area contributed by atoms with Crippen LogP contribution in [0.4, 0.5) is 4.39 Å². The zero-order chi connectivity index (χ0) is 17.8. The van der Waals surface area contributed by atoms with Crippen LogP contribution >= 0.6 is 0 Å². The second kappa shape index (κ2) is 7.51. The molecule has 1 aliphatic rings. The first-order valence-electron chi connectivity index (χ1n) is 8.40. The molecule has 0 saturated carbocycles. The monoisotopic (exact) mass is 345 g/mol. The molecule has 1 N–H and O–H groups in total. The van der Waals surface area contributed by atoms with Gasteiger partial charge in [0.25, 0.3) is 5.91 Å². The molecule has 2 aromatic rings. The molecular formula is C19H20FNO4. The summed E-state index contributed by atoms with van der Waals surface area (Å²) in [7, 11) is 0. The topological polar surface area (TPSA) is 70.8 Å². The van der Waals surface area contributed by atoms with Gasteiger partial charge in [-0.25, -0.2) is 4.39 Å². The molecule has 1 aromatic heterocycles. The quantitative estimate of drug-likeness (QED) is 0.895. The Morgan fingerprint density at radius 2 is 2.04 bits per heavy atom. The lowest BCUT2D eigenvalue weighted by Crippen LogP contribution is -2.39. The fourth-order valence-corrected chi connectivity index (χ4v) is 3.23. The Morgan fingerprint density at radius 1 is 1.24 bits per heavy atom. The summed E-state index contributed by atoms with van der Waals surface area (Å²) < 4.78 is 19.4. The first kappa shape index (κ1) is 17.2. The van der Waals surface area contributed by atoms with Gasteiger partial charge in [-0.15, -0.1) is 0 Å². The van der Waals surface area contributed by atoms with E-state index in [0.717, 1.165) is 12.8 Å². The molecule has 0 unspecified atom stereocenters. The summed E-state index contributed by atoms with van der Waals surface area (Å²) in [5.74, 6) is -0.762. The molecule has 3 rings (SSSR count). The zero-order valence-corrected chi connectivity index (χ0v) is 13.8. The third kappa shape index (κ3) is 4.07. The number of hydrogen-bond donors (Lipinski definition) is 1. The van der Waals surface area contributed by atoms with E-state index in [0.29, 0.717) is 30.8 Å². The SMILES string of the molecule is O=C(O)CC[C@@H]1CCCN(C(=O)c2ccc(-c3ccccc3F)o2)C1. The fourth-order valence-electron chi connectivity index (χ4n) is 3.23. The van der Waals surface area contributed by atoms with Crippen molar-refractivity contribution >= 4 is 11.9 Å². The van der Waals surface area contributed by atoms with Crippen LogP contribution in [0.5, 0.6) is 0 Å². The van der Waals surface area contributed by atoms with Crippen molar-refractivity contribution in [1.82, 2.24) is 4.90 Å². The van der Waals surface area contributed by atoms with Gasteiger partial charge in [0.1, 0.15) is 11.6 Å². The van der Waals surface area contributed by atoms with Crippen LogP contribution in [-0.2, 0) is 4.79 Å². The highest BCUT2D eigenvalue weighted by Crippen LogP contribution is 2.27. The number of carboxylic acid groups (broad SMARTS) is 1. The van der Waals surface area contributed by atoms with E-state index in [2.05, 4.69) is 0 Å². The molecule has 1 aliphatic heterocycles. The van der Waals surface area contributed by atoms with Crippen LogP contribution in [0.15, 0.2) is 40.8 Å². The van der Waals surface area contributed by atoms with E-state index in [9.17, 15) is 14.0 Å². The van der Waals surface area contributed by atoms with Crippen molar-refractivity contribution in [2.45, 2.75) is 25.7 Å². The number of hydrogen-bond acceptors (Lipinski definition) is 3. The van der Waals surface area contributed by atoms with Crippen molar-refractivity contribution < 1.29 is 23.5 Å². The lowest BCUT2D eigenvalue weighted by Gasteiger charge is -2.32. The number of piperidine rings is 1. The Morgan fingerprint density at radius 3 is 2.80 bits per heavy atom. The first-order valence-corrected chi connectivity index (χ1v) is 8.40. The standard InChI is InChI=1S/C19H20FNO4/c20-15-6-2-1-5-14(15)16-8-9-17(25-16)19(24)21-11-3-4-13(12-21)7-10-18(22)23/h1-2,5-6,8-9,13H,3-4,7,10-12H2,(H,22,23)/t13-/m0/s1. The molecule has 0 aliphatic carbocycles. The molecule has 0 bridgehead atoms. The molecule has 1 atom stereocenters. The van der Waals surface area contributed by atoms with Crippen LogP contribution in [0, 0.1) is 11.7 Å². The summed E-state index contributed by atoms with van der Waals surface area (Å²) in [5, 5.41) is 8.80. The molecular weight excluding hydrogens is 325 g/mol. The van der Waals surface area contributed by atoms with Gasteiger partial charge in [0.2, 0.25) is 0 Å². The minimum atomic E-state index is -0.816. The Labute approximate surface area is 145 Å². The number of carbonyl (C=O) groups excluding carboxylic acids is 1. The summed E-state index contributed by atoms with van der Waals surface area (Å²) in [6.45, 7) is 1.15. The van der Waals surface area contributed by atoms with Crippen molar-refractivity contribution in [1.29, 1.82) is 0 Å². The number of amides is 1. The molecule has 0 radical (unpaired) electrons. The van der Waals surface area contributed by atoms with Gasteiger partial charge < -0.3 is 14.4 Å². The van der Waals surface area contributed by atoms with Crippen molar-refractivity contribution in [3.05, 3.63) is 48.0 Å². The van der Waals surface area contributed by atoms with Crippen molar-refractivity contribution in [2.75, 3.05) is 13.1 Å². The van der Waals surface area contributed by atoms with Gasteiger partial charge in [-0.3, -0.25) is 9.59 Å². The normalized spacial score (nSPS) is 17.5. The minimum Gasteiger partial charge on any atom is -0.481 e. The van der Waals surface area contributed by atoms with E-state index in [1.807, 2.05) is 0 Å². The summed E-state index contributed by atoms with van der Waals surface area (Å²) in [6.07, 6.45) is 2.45. The number of rotatable bonds is 5. The number of carbonyl (C=O) groups is 2. The molecule has 0 spiro atoms. The van der Waals surface area contributed by atoms with Gasteiger partial charge in [-0.2, -0.15) is 0 Å². The Kier molecular flexibility index (Phi) is 5.16. The molecule has 1 aromatic carbocycles. The molecule has 1 amide bonds. The summed E-state index contributed by atoms with van der Waals surface area (Å²) in [5.41, 5.74) is 0.319.